The van der Waals surface area contributed by atoms with E-state index >= 15 is 0 Å². The highest BCUT2D eigenvalue weighted by molar-refractivity contribution is 5.57. The van der Waals surface area contributed by atoms with Crippen molar-refractivity contribution in [2.75, 3.05) is 5.32 Å². The van der Waals surface area contributed by atoms with Gasteiger partial charge in [0.25, 0.3) is 0 Å². The van der Waals surface area contributed by atoms with E-state index < -0.39 is 0 Å². The molecule has 0 unspecified atom stereocenters. The van der Waals surface area contributed by atoms with Gasteiger partial charge in [-0.1, -0.05) is 0 Å². The van der Waals surface area contributed by atoms with Crippen molar-refractivity contribution in [2.45, 2.75) is 13.5 Å². The van der Waals surface area contributed by atoms with E-state index in [0.29, 0.717) is 6.54 Å². The lowest BCUT2D eigenvalue weighted by Gasteiger charge is -2.02. The van der Waals surface area contributed by atoms with Crippen LogP contribution in [0.2, 0.25) is 0 Å². The minimum Gasteiger partial charge on any atom is -0.460 e. The Kier molecular flexibility index (Phi) is 2.60. The van der Waals surface area contributed by atoms with Crippen LogP contribution in [0.15, 0.2) is 35.1 Å². The number of aryl methyl sites for hydroxylation is 1. The highest BCUT2D eigenvalue weighted by Gasteiger charge is 2.10. The Morgan fingerprint density at radius 1 is 1.28 bits per heavy atom. The van der Waals surface area contributed by atoms with Crippen molar-refractivity contribution in [2.24, 2.45) is 0 Å². The van der Waals surface area contributed by atoms with Gasteiger partial charge in [-0.15, -0.1) is 0 Å². The lowest BCUT2D eigenvalue weighted by Crippen LogP contribution is -1.98. The quantitative estimate of drug-likeness (QED) is 0.656. The van der Waals surface area contributed by atoms with E-state index in [0.717, 1.165) is 28.5 Å². The number of rotatable bonds is 4. The summed E-state index contributed by atoms with van der Waals surface area (Å²) in [7, 11) is 0. The number of aromatic amines is 2. The topological polar surface area (TPSA) is 82.5 Å². The Morgan fingerprint density at radius 3 is 2.94 bits per heavy atom. The normalized spacial score (nSPS) is 10.7. The molecular weight excluding hydrogens is 230 g/mol. The van der Waals surface area contributed by atoms with Gasteiger partial charge in [0, 0.05) is 18.3 Å². The molecule has 0 aliphatic carbocycles. The molecule has 3 aromatic rings. The van der Waals surface area contributed by atoms with Crippen LogP contribution in [-0.4, -0.2) is 20.4 Å². The van der Waals surface area contributed by atoms with Gasteiger partial charge in [0.15, 0.2) is 5.76 Å². The molecule has 0 aliphatic rings. The molecule has 0 fully saturated rings. The third-order valence-electron chi connectivity index (χ3n) is 2.69. The predicted molar refractivity (Wildman–Crippen MR) is 66.9 cm³/mol. The molecule has 0 atom stereocenters. The molecule has 0 aromatic carbocycles. The molecule has 0 aliphatic heterocycles. The standard InChI is InChI=1S/C12H13N5O/c1-8-2-3-11(18-8)12-9(5-16-17-12)4-13-10-6-14-15-7-10/h2-3,5-7,13H,4H2,1H3,(H,14,15)(H,16,17). The first-order chi connectivity index (χ1) is 8.83. The van der Waals surface area contributed by atoms with Crippen LogP contribution >= 0.6 is 0 Å². The zero-order valence-electron chi connectivity index (χ0n) is 9.90. The van der Waals surface area contributed by atoms with Crippen molar-refractivity contribution in [3.8, 4) is 11.5 Å². The van der Waals surface area contributed by atoms with Crippen LogP contribution in [0.1, 0.15) is 11.3 Å². The van der Waals surface area contributed by atoms with E-state index in [4.69, 9.17) is 4.42 Å². The molecule has 0 saturated carbocycles. The molecule has 0 spiro atoms. The van der Waals surface area contributed by atoms with Crippen molar-refractivity contribution in [1.29, 1.82) is 0 Å². The molecule has 0 radical (unpaired) electrons. The van der Waals surface area contributed by atoms with Crippen molar-refractivity contribution in [3.05, 3.63) is 42.0 Å². The Balaban J connectivity index is 1.79. The third kappa shape index (κ3) is 2.00. The maximum absolute atomic E-state index is 5.59. The summed E-state index contributed by atoms with van der Waals surface area (Å²) in [6.45, 7) is 2.58. The molecule has 0 bridgehead atoms. The number of H-pyrrole nitrogens is 2. The fourth-order valence-corrected chi connectivity index (χ4v) is 1.77. The number of hydrogen-bond acceptors (Lipinski definition) is 4. The Hall–Kier alpha value is -2.50. The number of nitrogens with one attached hydrogen (secondary N) is 3. The van der Waals surface area contributed by atoms with Gasteiger partial charge in [0.2, 0.25) is 0 Å². The van der Waals surface area contributed by atoms with Crippen LogP contribution in [-0.2, 0) is 6.54 Å². The lowest BCUT2D eigenvalue weighted by atomic mass is 10.2. The van der Waals surface area contributed by atoms with Crippen molar-refractivity contribution in [3.63, 3.8) is 0 Å². The fourth-order valence-electron chi connectivity index (χ4n) is 1.77. The van der Waals surface area contributed by atoms with Gasteiger partial charge in [-0.25, -0.2) is 0 Å². The van der Waals surface area contributed by atoms with Gasteiger partial charge in [-0.3, -0.25) is 10.2 Å². The molecule has 3 aromatic heterocycles. The number of hydrogen-bond donors (Lipinski definition) is 3. The van der Waals surface area contributed by atoms with E-state index in [1.807, 2.05) is 19.1 Å². The molecule has 3 N–H and O–H groups in total. The smallest absolute Gasteiger partial charge is 0.152 e. The summed E-state index contributed by atoms with van der Waals surface area (Å²) < 4.78 is 5.59. The first-order valence-corrected chi connectivity index (χ1v) is 5.64. The van der Waals surface area contributed by atoms with E-state index in [1.165, 1.54) is 0 Å². The molecule has 0 amide bonds. The summed E-state index contributed by atoms with van der Waals surface area (Å²) in [6, 6.07) is 3.87. The van der Waals surface area contributed by atoms with Gasteiger partial charge in [-0.2, -0.15) is 10.2 Å². The molecule has 92 valence electrons. The highest BCUT2D eigenvalue weighted by atomic mass is 16.3. The summed E-state index contributed by atoms with van der Waals surface area (Å²) in [5, 5.41) is 16.9. The second kappa shape index (κ2) is 4.40. The number of nitrogens with zero attached hydrogens (tertiary/aromatic N) is 2. The van der Waals surface area contributed by atoms with Gasteiger partial charge in [0.1, 0.15) is 11.5 Å². The van der Waals surface area contributed by atoms with Gasteiger partial charge < -0.3 is 9.73 Å². The minimum absolute atomic E-state index is 0.658. The lowest BCUT2D eigenvalue weighted by molar-refractivity contribution is 0.545. The Bertz CT molecular complexity index is 622. The average Bonchev–Trinajstić information content (AvgIpc) is 3.07. The second-order valence-corrected chi connectivity index (χ2v) is 4.02. The summed E-state index contributed by atoms with van der Waals surface area (Å²) in [4.78, 5) is 0. The molecular formula is C12H13N5O. The zero-order valence-corrected chi connectivity index (χ0v) is 9.90. The molecule has 6 nitrogen and oxygen atoms in total. The summed E-state index contributed by atoms with van der Waals surface area (Å²) in [5.74, 6) is 1.68. The van der Waals surface area contributed by atoms with Crippen LogP contribution < -0.4 is 5.32 Å². The molecule has 3 rings (SSSR count). The SMILES string of the molecule is Cc1ccc(-c2[nH]ncc2CNc2cn[nH]c2)o1. The van der Waals surface area contributed by atoms with E-state index in [2.05, 4.69) is 25.7 Å². The number of anilines is 1. The maximum atomic E-state index is 5.59. The van der Waals surface area contributed by atoms with Gasteiger partial charge in [0.05, 0.1) is 18.1 Å². The van der Waals surface area contributed by atoms with E-state index in [1.54, 1.807) is 18.6 Å². The summed E-state index contributed by atoms with van der Waals surface area (Å²) in [6.07, 6.45) is 5.33. The van der Waals surface area contributed by atoms with E-state index in [-0.39, 0.29) is 0 Å². The first-order valence-electron chi connectivity index (χ1n) is 5.64. The first kappa shape index (κ1) is 10.6. The van der Waals surface area contributed by atoms with Crippen molar-refractivity contribution >= 4 is 5.69 Å². The Morgan fingerprint density at radius 2 is 2.22 bits per heavy atom. The largest absolute Gasteiger partial charge is 0.460 e. The molecule has 18 heavy (non-hydrogen) atoms. The zero-order chi connectivity index (χ0) is 12.4. The monoisotopic (exact) mass is 243 g/mol. The van der Waals surface area contributed by atoms with Crippen molar-refractivity contribution < 1.29 is 4.42 Å². The predicted octanol–water partition coefficient (Wildman–Crippen LogP) is 2.31. The van der Waals surface area contributed by atoms with Crippen LogP contribution in [0, 0.1) is 6.92 Å². The van der Waals surface area contributed by atoms with Crippen LogP contribution in [0.5, 0.6) is 0 Å². The summed E-state index contributed by atoms with van der Waals surface area (Å²) >= 11 is 0. The highest BCUT2D eigenvalue weighted by Crippen LogP contribution is 2.23. The Labute approximate surface area is 103 Å². The van der Waals surface area contributed by atoms with Crippen LogP contribution in [0.4, 0.5) is 5.69 Å². The van der Waals surface area contributed by atoms with Crippen LogP contribution in [0.3, 0.4) is 0 Å². The minimum atomic E-state index is 0.658. The second-order valence-electron chi connectivity index (χ2n) is 4.02. The number of aromatic nitrogens is 4. The maximum Gasteiger partial charge on any atom is 0.152 e. The van der Waals surface area contributed by atoms with Gasteiger partial charge >= 0.3 is 0 Å². The molecule has 3 heterocycles. The van der Waals surface area contributed by atoms with Gasteiger partial charge in [-0.05, 0) is 19.1 Å². The average molecular weight is 243 g/mol. The van der Waals surface area contributed by atoms with E-state index in [9.17, 15) is 0 Å². The third-order valence-corrected chi connectivity index (χ3v) is 2.69. The molecule has 0 saturated heterocycles. The summed E-state index contributed by atoms with van der Waals surface area (Å²) in [5.41, 5.74) is 2.89. The number of furan rings is 1. The van der Waals surface area contributed by atoms with Crippen LogP contribution in [0.25, 0.3) is 11.5 Å². The van der Waals surface area contributed by atoms with Crippen molar-refractivity contribution in [1.82, 2.24) is 20.4 Å². The molecule has 6 heteroatoms. The fraction of sp³-hybridized carbons (Fsp3) is 0.167.